The van der Waals surface area contributed by atoms with Gasteiger partial charge in [-0.05, 0) is 24.2 Å². The Morgan fingerprint density at radius 1 is 1.15 bits per heavy atom. The number of hydrogen-bond acceptors (Lipinski definition) is 1. The van der Waals surface area contributed by atoms with Crippen molar-refractivity contribution < 1.29 is 4.74 Å². The molecule has 0 spiro atoms. The summed E-state index contributed by atoms with van der Waals surface area (Å²) in [6.07, 6.45) is 2.74. The summed E-state index contributed by atoms with van der Waals surface area (Å²) in [6.45, 7) is 14.3. The van der Waals surface area contributed by atoms with Crippen LogP contribution in [-0.2, 0) is 4.74 Å². The summed E-state index contributed by atoms with van der Waals surface area (Å²) >= 11 is 0. The largest absolute Gasteiger partial charge is 0.378 e. The standard InChI is InChI=1S/C12H26O/c1-7-11(8-12(4,5)6)13-9-10(2)3/h10-11H,7-9H2,1-6H3. The molecule has 1 unspecified atom stereocenters. The third kappa shape index (κ3) is 8.29. The molecule has 1 atom stereocenters. The summed E-state index contributed by atoms with van der Waals surface area (Å²) in [7, 11) is 0. The van der Waals surface area contributed by atoms with E-state index in [4.69, 9.17) is 4.74 Å². The summed E-state index contributed by atoms with van der Waals surface area (Å²) in [5, 5.41) is 0. The molecule has 0 N–H and O–H groups in total. The average Bonchev–Trinajstić information content (AvgIpc) is 1.95. The summed E-state index contributed by atoms with van der Waals surface area (Å²) in [5.74, 6) is 0.647. The maximum atomic E-state index is 5.83. The topological polar surface area (TPSA) is 9.23 Å². The lowest BCUT2D eigenvalue weighted by Crippen LogP contribution is -2.22. The molecule has 0 aliphatic carbocycles. The van der Waals surface area contributed by atoms with Crippen molar-refractivity contribution in [1.29, 1.82) is 0 Å². The molecule has 80 valence electrons. The molecule has 0 saturated heterocycles. The predicted octanol–water partition coefficient (Wildman–Crippen LogP) is 3.87. The van der Waals surface area contributed by atoms with E-state index < -0.39 is 0 Å². The van der Waals surface area contributed by atoms with Gasteiger partial charge in [0.1, 0.15) is 0 Å². The smallest absolute Gasteiger partial charge is 0.0577 e. The van der Waals surface area contributed by atoms with Crippen molar-refractivity contribution in [3.8, 4) is 0 Å². The third-order valence-corrected chi connectivity index (χ3v) is 1.96. The summed E-state index contributed by atoms with van der Waals surface area (Å²) in [5.41, 5.74) is 0.387. The first-order chi connectivity index (χ1) is 5.85. The Hall–Kier alpha value is -0.0400. The van der Waals surface area contributed by atoms with Gasteiger partial charge in [-0.1, -0.05) is 41.5 Å². The first-order valence-electron chi connectivity index (χ1n) is 5.46. The fourth-order valence-electron chi connectivity index (χ4n) is 1.33. The summed E-state index contributed by atoms with van der Waals surface area (Å²) in [6, 6.07) is 0. The van der Waals surface area contributed by atoms with Gasteiger partial charge >= 0.3 is 0 Å². The molecular weight excluding hydrogens is 160 g/mol. The Balaban J connectivity index is 3.76. The molecule has 0 aliphatic rings. The molecule has 0 heterocycles. The van der Waals surface area contributed by atoms with Crippen molar-refractivity contribution in [2.75, 3.05) is 6.61 Å². The van der Waals surface area contributed by atoms with Gasteiger partial charge in [-0.25, -0.2) is 0 Å². The van der Waals surface area contributed by atoms with Gasteiger partial charge in [0, 0.05) is 6.61 Å². The van der Waals surface area contributed by atoms with Crippen molar-refractivity contribution in [2.24, 2.45) is 11.3 Å². The predicted molar refractivity (Wildman–Crippen MR) is 58.9 cm³/mol. The SMILES string of the molecule is CCC(CC(C)(C)C)OCC(C)C. The van der Waals surface area contributed by atoms with E-state index in [-0.39, 0.29) is 0 Å². The van der Waals surface area contributed by atoms with Crippen LogP contribution in [0.15, 0.2) is 0 Å². The van der Waals surface area contributed by atoms with Gasteiger partial charge in [0.2, 0.25) is 0 Å². The lowest BCUT2D eigenvalue weighted by molar-refractivity contribution is 0.00949. The van der Waals surface area contributed by atoms with Crippen molar-refractivity contribution in [1.82, 2.24) is 0 Å². The van der Waals surface area contributed by atoms with Crippen molar-refractivity contribution in [3.63, 3.8) is 0 Å². The lowest BCUT2D eigenvalue weighted by Gasteiger charge is -2.26. The number of ether oxygens (including phenoxy) is 1. The van der Waals surface area contributed by atoms with Crippen LogP contribution in [-0.4, -0.2) is 12.7 Å². The zero-order valence-electron chi connectivity index (χ0n) is 10.2. The van der Waals surface area contributed by atoms with Crippen LogP contribution in [0.4, 0.5) is 0 Å². The molecule has 0 aliphatic heterocycles. The van der Waals surface area contributed by atoms with Gasteiger partial charge in [0.15, 0.2) is 0 Å². The van der Waals surface area contributed by atoms with E-state index in [0.29, 0.717) is 17.4 Å². The molecular formula is C12H26O. The average molecular weight is 186 g/mol. The minimum absolute atomic E-state index is 0.387. The third-order valence-electron chi connectivity index (χ3n) is 1.96. The molecule has 1 nitrogen and oxygen atoms in total. The Kier molecular flexibility index (Phi) is 5.62. The number of rotatable bonds is 5. The maximum absolute atomic E-state index is 5.83. The van der Waals surface area contributed by atoms with E-state index in [2.05, 4.69) is 41.5 Å². The van der Waals surface area contributed by atoms with Gasteiger partial charge in [0.25, 0.3) is 0 Å². The monoisotopic (exact) mass is 186 g/mol. The van der Waals surface area contributed by atoms with E-state index in [0.717, 1.165) is 19.4 Å². The molecule has 0 radical (unpaired) electrons. The van der Waals surface area contributed by atoms with E-state index in [1.54, 1.807) is 0 Å². The normalized spacial score (nSPS) is 15.0. The zero-order chi connectivity index (χ0) is 10.5. The van der Waals surface area contributed by atoms with Gasteiger partial charge in [0.05, 0.1) is 6.10 Å². The van der Waals surface area contributed by atoms with Crippen LogP contribution in [0.3, 0.4) is 0 Å². The number of hydrogen-bond donors (Lipinski definition) is 0. The van der Waals surface area contributed by atoms with E-state index in [1.807, 2.05) is 0 Å². The van der Waals surface area contributed by atoms with Gasteiger partial charge in [-0.2, -0.15) is 0 Å². The molecule has 0 fully saturated rings. The summed E-state index contributed by atoms with van der Waals surface area (Å²) in [4.78, 5) is 0. The van der Waals surface area contributed by atoms with Gasteiger partial charge in [-0.3, -0.25) is 0 Å². The Bertz CT molecular complexity index is 122. The van der Waals surface area contributed by atoms with E-state index in [1.165, 1.54) is 0 Å². The van der Waals surface area contributed by atoms with Crippen LogP contribution < -0.4 is 0 Å². The highest BCUT2D eigenvalue weighted by atomic mass is 16.5. The van der Waals surface area contributed by atoms with Gasteiger partial charge in [-0.15, -0.1) is 0 Å². The van der Waals surface area contributed by atoms with Crippen LogP contribution >= 0.6 is 0 Å². The van der Waals surface area contributed by atoms with Crippen molar-refractivity contribution >= 4 is 0 Å². The second-order valence-electron chi connectivity index (χ2n) is 5.52. The highest BCUT2D eigenvalue weighted by Gasteiger charge is 2.17. The van der Waals surface area contributed by atoms with Crippen LogP contribution in [0.2, 0.25) is 0 Å². The highest BCUT2D eigenvalue weighted by Crippen LogP contribution is 2.24. The van der Waals surface area contributed by atoms with E-state index >= 15 is 0 Å². The Morgan fingerprint density at radius 3 is 2.00 bits per heavy atom. The second-order valence-corrected chi connectivity index (χ2v) is 5.52. The molecule has 0 amide bonds. The molecule has 0 saturated carbocycles. The lowest BCUT2D eigenvalue weighted by atomic mass is 9.88. The van der Waals surface area contributed by atoms with Gasteiger partial charge < -0.3 is 4.74 Å². The quantitative estimate of drug-likeness (QED) is 0.633. The molecule has 0 rings (SSSR count). The fraction of sp³-hybridized carbons (Fsp3) is 1.00. The Labute approximate surface area is 83.9 Å². The van der Waals surface area contributed by atoms with Crippen LogP contribution in [0.25, 0.3) is 0 Å². The van der Waals surface area contributed by atoms with Crippen LogP contribution in [0.5, 0.6) is 0 Å². The first-order valence-corrected chi connectivity index (χ1v) is 5.46. The van der Waals surface area contributed by atoms with E-state index in [9.17, 15) is 0 Å². The van der Waals surface area contributed by atoms with Crippen LogP contribution in [0.1, 0.15) is 54.4 Å². The molecule has 0 aromatic rings. The maximum Gasteiger partial charge on any atom is 0.0577 e. The first kappa shape index (κ1) is 13.0. The van der Waals surface area contributed by atoms with Crippen molar-refractivity contribution in [3.05, 3.63) is 0 Å². The molecule has 0 aromatic carbocycles. The Morgan fingerprint density at radius 2 is 1.69 bits per heavy atom. The highest BCUT2D eigenvalue weighted by molar-refractivity contribution is 4.68. The fourth-order valence-corrected chi connectivity index (χ4v) is 1.33. The van der Waals surface area contributed by atoms with Crippen molar-refractivity contribution in [2.45, 2.75) is 60.5 Å². The molecule has 0 aromatic heterocycles. The van der Waals surface area contributed by atoms with Crippen LogP contribution in [0, 0.1) is 11.3 Å². The molecule has 1 heteroatoms. The second kappa shape index (κ2) is 5.64. The zero-order valence-corrected chi connectivity index (χ0v) is 10.2. The summed E-state index contributed by atoms with van der Waals surface area (Å²) < 4.78 is 5.83. The molecule has 0 bridgehead atoms. The molecule has 13 heavy (non-hydrogen) atoms. The minimum Gasteiger partial charge on any atom is -0.378 e. The minimum atomic E-state index is 0.387.